The third kappa shape index (κ3) is 4.26. The average Bonchev–Trinajstić information content (AvgIpc) is 3.46. The minimum atomic E-state index is -4.94. The molecule has 0 N–H and O–H groups in total. The molecule has 0 spiro atoms. The summed E-state index contributed by atoms with van der Waals surface area (Å²) in [4.78, 5) is 25.2. The molecule has 4 atom stereocenters. The van der Waals surface area contributed by atoms with Crippen molar-refractivity contribution in [1.29, 1.82) is 0 Å². The SMILES string of the molecule is CCOC(=O)N1C[C@]1(C(=O)O[C@@H]1C[C@H](C)CC[C@H]1C(C)(C)c1ccccc1)C(F)(F)F. The number of benzene rings is 1. The number of carbonyl (C=O) groups excluding carboxylic acids is 2. The molecule has 1 aromatic carbocycles. The zero-order valence-corrected chi connectivity index (χ0v) is 18.4. The van der Waals surface area contributed by atoms with Crippen LogP contribution in [0.5, 0.6) is 0 Å². The zero-order chi connectivity index (χ0) is 23.0. The van der Waals surface area contributed by atoms with Crippen LogP contribution in [0.15, 0.2) is 30.3 Å². The van der Waals surface area contributed by atoms with Gasteiger partial charge >= 0.3 is 18.2 Å². The first-order valence-corrected chi connectivity index (χ1v) is 10.7. The zero-order valence-electron chi connectivity index (χ0n) is 18.4. The number of carbonyl (C=O) groups is 2. The molecule has 3 rings (SSSR count). The Morgan fingerprint density at radius 3 is 2.39 bits per heavy atom. The van der Waals surface area contributed by atoms with E-state index in [2.05, 4.69) is 4.74 Å². The number of hydrogen-bond acceptors (Lipinski definition) is 4. The van der Waals surface area contributed by atoms with E-state index < -0.39 is 41.8 Å². The van der Waals surface area contributed by atoms with Gasteiger partial charge in [-0.05, 0) is 36.7 Å². The Balaban J connectivity index is 1.85. The molecular weight excluding hydrogens is 411 g/mol. The Hall–Kier alpha value is -2.25. The average molecular weight is 441 g/mol. The smallest absolute Gasteiger partial charge is 0.424 e. The first kappa shape index (κ1) is 23.4. The number of halogens is 3. The molecule has 1 saturated carbocycles. The quantitative estimate of drug-likeness (QED) is 0.472. The van der Waals surface area contributed by atoms with Crippen molar-refractivity contribution >= 4 is 12.1 Å². The van der Waals surface area contributed by atoms with E-state index in [0.29, 0.717) is 11.3 Å². The van der Waals surface area contributed by atoms with Crippen LogP contribution in [-0.2, 0) is 19.7 Å². The highest BCUT2D eigenvalue weighted by Crippen LogP contribution is 2.50. The number of amides is 1. The van der Waals surface area contributed by atoms with E-state index >= 15 is 0 Å². The van der Waals surface area contributed by atoms with E-state index in [-0.39, 0.29) is 18.4 Å². The molecular formula is C23H30F3NO4. The molecule has 1 aromatic rings. The number of alkyl halides is 3. The Morgan fingerprint density at radius 2 is 1.81 bits per heavy atom. The van der Waals surface area contributed by atoms with Gasteiger partial charge in [0.25, 0.3) is 5.54 Å². The number of ether oxygens (including phenoxy) is 2. The number of esters is 1. The van der Waals surface area contributed by atoms with E-state index in [1.54, 1.807) is 0 Å². The van der Waals surface area contributed by atoms with Crippen molar-refractivity contribution in [2.75, 3.05) is 13.2 Å². The summed E-state index contributed by atoms with van der Waals surface area (Å²) < 4.78 is 51.9. The van der Waals surface area contributed by atoms with Crippen LogP contribution in [0.4, 0.5) is 18.0 Å². The summed E-state index contributed by atoms with van der Waals surface area (Å²) >= 11 is 0. The van der Waals surface area contributed by atoms with Gasteiger partial charge in [-0.3, -0.25) is 4.90 Å². The normalized spacial score (nSPS) is 28.7. The molecule has 2 aliphatic rings. The Kier molecular flexibility index (Phi) is 6.31. The number of rotatable bonds is 5. The van der Waals surface area contributed by atoms with Crippen LogP contribution in [0.2, 0.25) is 0 Å². The lowest BCUT2D eigenvalue weighted by atomic mass is 9.64. The minimum absolute atomic E-state index is 0.0776. The van der Waals surface area contributed by atoms with Crippen molar-refractivity contribution < 1.29 is 32.2 Å². The van der Waals surface area contributed by atoms with Crippen molar-refractivity contribution in [2.45, 2.75) is 70.2 Å². The molecule has 8 heteroatoms. The first-order chi connectivity index (χ1) is 14.4. The van der Waals surface area contributed by atoms with Crippen LogP contribution in [0.25, 0.3) is 0 Å². The van der Waals surface area contributed by atoms with Gasteiger partial charge in [-0.15, -0.1) is 0 Å². The molecule has 1 aliphatic carbocycles. The Labute approximate surface area is 180 Å². The molecule has 2 fully saturated rings. The van der Waals surface area contributed by atoms with Crippen LogP contribution < -0.4 is 0 Å². The standard InChI is InChI=1S/C23H30F3NO4/c1-5-30-20(29)27-14-22(27,23(24,25)26)19(28)31-18-13-15(2)11-12-17(18)21(3,4)16-9-7-6-8-10-16/h6-10,15,17-18H,5,11-14H2,1-4H3/t15-,17-,18-,22+,27?/m1/s1. The second-order valence-corrected chi connectivity index (χ2v) is 9.20. The van der Waals surface area contributed by atoms with Crippen LogP contribution in [0, 0.1) is 11.8 Å². The monoisotopic (exact) mass is 441 g/mol. The fourth-order valence-corrected chi connectivity index (χ4v) is 4.75. The predicted octanol–water partition coefficient (Wildman–Crippen LogP) is 5.09. The molecule has 1 amide bonds. The van der Waals surface area contributed by atoms with Crippen molar-refractivity contribution in [2.24, 2.45) is 11.8 Å². The molecule has 0 unspecified atom stereocenters. The molecule has 1 heterocycles. The second-order valence-electron chi connectivity index (χ2n) is 9.20. The third-order valence-corrected chi connectivity index (χ3v) is 6.80. The van der Waals surface area contributed by atoms with Crippen LogP contribution in [0.1, 0.15) is 52.5 Å². The van der Waals surface area contributed by atoms with E-state index in [4.69, 9.17) is 4.74 Å². The molecule has 1 aliphatic heterocycles. The lowest BCUT2D eigenvalue weighted by Crippen LogP contribution is -2.51. The second kappa shape index (κ2) is 8.36. The van der Waals surface area contributed by atoms with Gasteiger partial charge < -0.3 is 9.47 Å². The summed E-state index contributed by atoms with van der Waals surface area (Å²) in [6.07, 6.45) is -4.64. The van der Waals surface area contributed by atoms with Crippen molar-refractivity contribution in [3.05, 3.63) is 35.9 Å². The topological polar surface area (TPSA) is 55.6 Å². The lowest BCUT2D eigenvalue weighted by molar-refractivity contribution is -0.200. The summed E-state index contributed by atoms with van der Waals surface area (Å²) in [6, 6.07) is 9.71. The van der Waals surface area contributed by atoms with Gasteiger partial charge in [0, 0.05) is 5.92 Å². The molecule has 1 saturated heterocycles. The van der Waals surface area contributed by atoms with E-state index in [1.807, 2.05) is 51.1 Å². The predicted molar refractivity (Wildman–Crippen MR) is 108 cm³/mol. The summed E-state index contributed by atoms with van der Waals surface area (Å²) in [7, 11) is 0. The van der Waals surface area contributed by atoms with Crippen LogP contribution in [0.3, 0.4) is 0 Å². The summed E-state index contributed by atoms with van der Waals surface area (Å²) in [5.41, 5.74) is -2.32. The van der Waals surface area contributed by atoms with E-state index in [0.717, 1.165) is 18.4 Å². The van der Waals surface area contributed by atoms with E-state index in [9.17, 15) is 22.8 Å². The maximum Gasteiger partial charge on any atom is 0.424 e. The fourth-order valence-electron chi connectivity index (χ4n) is 4.75. The van der Waals surface area contributed by atoms with Gasteiger partial charge in [0.2, 0.25) is 0 Å². The Bertz CT molecular complexity index is 811. The van der Waals surface area contributed by atoms with Crippen molar-refractivity contribution in [3.8, 4) is 0 Å². The van der Waals surface area contributed by atoms with Gasteiger partial charge in [-0.2, -0.15) is 13.2 Å². The summed E-state index contributed by atoms with van der Waals surface area (Å²) in [6.45, 7) is 6.72. The number of hydrogen-bond donors (Lipinski definition) is 0. The molecule has 0 bridgehead atoms. The first-order valence-electron chi connectivity index (χ1n) is 10.7. The van der Waals surface area contributed by atoms with Gasteiger partial charge in [0.1, 0.15) is 6.10 Å². The van der Waals surface area contributed by atoms with Crippen molar-refractivity contribution in [3.63, 3.8) is 0 Å². The third-order valence-electron chi connectivity index (χ3n) is 6.80. The minimum Gasteiger partial charge on any atom is -0.460 e. The summed E-state index contributed by atoms with van der Waals surface area (Å²) in [5.74, 6) is -1.33. The Morgan fingerprint density at radius 1 is 1.16 bits per heavy atom. The molecule has 31 heavy (non-hydrogen) atoms. The lowest BCUT2D eigenvalue weighted by Gasteiger charge is -2.44. The number of nitrogens with zero attached hydrogens (tertiary/aromatic N) is 1. The molecule has 0 aromatic heterocycles. The van der Waals surface area contributed by atoms with Gasteiger partial charge in [-0.25, -0.2) is 9.59 Å². The van der Waals surface area contributed by atoms with Gasteiger partial charge in [0.05, 0.1) is 13.2 Å². The molecule has 0 radical (unpaired) electrons. The van der Waals surface area contributed by atoms with Crippen LogP contribution in [-0.4, -0.2) is 47.9 Å². The van der Waals surface area contributed by atoms with Crippen LogP contribution >= 0.6 is 0 Å². The molecule has 172 valence electrons. The highest BCUT2D eigenvalue weighted by atomic mass is 19.4. The van der Waals surface area contributed by atoms with Gasteiger partial charge in [-0.1, -0.05) is 57.5 Å². The maximum atomic E-state index is 13.9. The van der Waals surface area contributed by atoms with Crippen molar-refractivity contribution in [1.82, 2.24) is 4.90 Å². The molecule has 5 nitrogen and oxygen atoms in total. The summed E-state index contributed by atoms with van der Waals surface area (Å²) in [5, 5.41) is 0. The van der Waals surface area contributed by atoms with E-state index in [1.165, 1.54) is 6.92 Å². The highest BCUT2D eigenvalue weighted by molar-refractivity contribution is 5.93. The fraction of sp³-hybridized carbons (Fsp3) is 0.652. The van der Waals surface area contributed by atoms with Gasteiger partial charge in [0.15, 0.2) is 0 Å². The largest absolute Gasteiger partial charge is 0.460 e. The maximum absolute atomic E-state index is 13.9. The highest BCUT2D eigenvalue weighted by Gasteiger charge is 2.79.